The molecule has 0 spiro atoms. The maximum atomic E-state index is 12.6. The van der Waals surface area contributed by atoms with Gasteiger partial charge in [-0.15, -0.1) is 0 Å². The number of aromatic nitrogens is 2. The summed E-state index contributed by atoms with van der Waals surface area (Å²) in [5.41, 5.74) is 3.46. The first-order chi connectivity index (χ1) is 12.1. The summed E-state index contributed by atoms with van der Waals surface area (Å²) in [5.74, 6) is 0.476. The molecule has 0 bridgehead atoms. The molecular weight excluding hydrogens is 312 g/mol. The molecule has 1 heterocycles. The van der Waals surface area contributed by atoms with Gasteiger partial charge >= 0.3 is 0 Å². The van der Waals surface area contributed by atoms with Crippen LogP contribution in [0, 0.1) is 13.8 Å². The minimum atomic E-state index is -0.0982. The van der Waals surface area contributed by atoms with Gasteiger partial charge in [-0.2, -0.15) is 0 Å². The summed E-state index contributed by atoms with van der Waals surface area (Å²) in [6, 6.07) is 10.3. The van der Waals surface area contributed by atoms with E-state index in [4.69, 9.17) is 0 Å². The summed E-state index contributed by atoms with van der Waals surface area (Å²) in [6.07, 6.45) is 4.51. The molecule has 1 aromatic heterocycles. The van der Waals surface area contributed by atoms with Gasteiger partial charge in [0.25, 0.3) is 5.91 Å². The van der Waals surface area contributed by atoms with E-state index in [-0.39, 0.29) is 11.9 Å². The predicted octanol–water partition coefficient (Wildman–Crippen LogP) is 3.92. The van der Waals surface area contributed by atoms with Crippen molar-refractivity contribution in [2.45, 2.75) is 52.5 Å². The molecule has 0 saturated heterocycles. The van der Waals surface area contributed by atoms with Crippen LogP contribution in [0.1, 0.15) is 54.4 Å². The summed E-state index contributed by atoms with van der Waals surface area (Å²) >= 11 is 0. The smallest absolute Gasteiger partial charge is 0.270 e. The Balaban J connectivity index is 1.88. The van der Waals surface area contributed by atoms with Crippen molar-refractivity contribution in [3.05, 3.63) is 47.3 Å². The molecule has 132 valence electrons. The van der Waals surface area contributed by atoms with Crippen LogP contribution < -0.4 is 10.2 Å². The Morgan fingerprint density at radius 2 is 1.96 bits per heavy atom. The van der Waals surface area contributed by atoms with Crippen LogP contribution in [0.4, 0.5) is 11.6 Å². The van der Waals surface area contributed by atoms with Gasteiger partial charge < -0.3 is 10.2 Å². The van der Waals surface area contributed by atoms with Crippen molar-refractivity contribution in [1.82, 2.24) is 15.3 Å². The molecule has 1 aliphatic carbocycles. The van der Waals surface area contributed by atoms with Gasteiger partial charge in [0.1, 0.15) is 5.69 Å². The maximum Gasteiger partial charge on any atom is 0.270 e. The Kier molecular flexibility index (Phi) is 5.31. The van der Waals surface area contributed by atoms with Gasteiger partial charge in [0, 0.05) is 24.0 Å². The van der Waals surface area contributed by atoms with Crippen molar-refractivity contribution in [2.75, 3.05) is 11.4 Å². The number of hydrogen-bond acceptors (Lipinski definition) is 4. The lowest BCUT2D eigenvalue weighted by atomic mass is 10.2. The zero-order valence-corrected chi connectivity index (χ0v) is 15.2. The molecule has 2 aromatic rings. The molecule has 0 atom stereocenters. The van der Waals surface area contributed by atoms with Gasteiger partial charge in [-0.1, -0.05) is 25.0 Å². The predicted molar refractivity (Wildman–Crippen MR) is 100 cm³/mol. The first kappa shape index (κ1) is 17.4. The van der Waals surface area contributed by atoms with Gasteiger partial charge in [0.05, 0.1) is 0 Å². The first-order valence-corrected chi connectivity index (χ1v) is 9.07. The van der Waals surface area contributed by atoms with E-state index in [1.807, 2.05) is 24.0 Å². The van der Waals surface area contributed by atoms with E-state index in [1.54, 1.807) is 6.07 Å². The highest BCUT2D eigenvalue weighted by molar-refractivity contribution is 5.93. The molecule has 5 nitrogen and oxygen atoms in total. The second-order valence-electron chi connectivity index (χ2n) is 6.73. The molecule has 0 aliphatic heterocycles. The number of benzene rings is 1. The molecular formula is C20H26N4O. The summed E-state index contributed by atoms with van der Waals surface area (Å²) in [7, 11) is 0. The Morgan fingerprint density at radius 1 is 1.20 bits per heavy atom. The standard InChI is InChI=1S/C20H26N4O/c1-4-24(17-11-7-8-14(2)12-17)20-21-15(3)13-18(23-20)19(25)22-16-9-5-6-10-16/h7-8,11-13,16H,4-6,9-10H2,1-3H3,(H,22,25). The van der Waals surface area contributed by atoms with E-state index in [2.05, 4.69) is 41.3 Å². The highest BCUT2D eigenvalue weighted by Crippen LogP contribution is 2.24. The van der Waals surface area contributed by atoms with Crippen LogP contribution in [-0.2, 0) is 0 Å². The highest BCUT2D eigenvalue weighted by atomic mass is 16.1. The SMILES string of the molecule is CCN(c1cccc(C)c1)c1nc(C)cc(C(=O)NC2CCCC2)n1. The van der Waals surface area contributed by atoms with Crippen molar-refractivity contribution in [1.29, 1.82) is 0 Å². The minimum absolute atomic E-state index is 0.0982. The Bertz CT molecular complexity index is 753. The monoisotopic (exact) mass is 338 g/mol. The van der Waals surface area contributed by atoms with E-state index >= 15 is 0 Å². The molecule has 1 fully saturated rings. The summed E-state index contributed by atoms with van der Waals surface area (Å²) < 4.78 is 0. The number of rotatable bonds is 5. The summed E-state index contributed by atoms with van der Waals surface area (Å²) in [5, 5.41) is 3.11. The molecule has 25 heavy (non-hydrogen) atoms. The lowest BCUT2D eigenvalue weighted by Crippen LogP contribution is -2.33. The zero-order valence-electron chi connectivity index (χ0n) is 15.2. The topological polar surface area (TPSA) is 58.1 Å². The van der Waals surface area contributed by atoms with Crippen molar-refractivity contribution < 1.29 is 4.79 Å². The fraction of sp³-hybridized carbons (Fsp3) is 0.450. The lowest BCUT2D eigenvalue weighted by molar-refractivity contribution is 0.0932. The molecule has 1 aliphatic rings. The van der Waals surface area contributed by atoms with Crippen molar-refractivity contribution >= 4 is 17.5 Å². The van der Waals surface area contributed by atoms with Crippen LogP contribution in [0.5, 0.6) is 0 Å². The Hall–Kier alpha value is -2.43. The van der Waals surface area contributed by atoms with E-state index in [0.717, 1.165) is 30.8 Å². The van der Waals surface area contributed by atoms with Gasteiger partial charge in [0.2, 0.25) is 5.95 Å². The fourth-order valence-corrected chi connectivity index (χ4v) is 3.35. The first-order valence-electron chi connectivity index (χ1n) is 9.07. The Morgan fingerprint density at radius 3 is 2.64 bits per heavy atom. The van der Waals surface area contributed by atoms with Crippen LogP contribution in [0.3, 0.4) is 0 Å². The number of carbonyl (C=O) groups is 1. The third-order valence-corrected chi connectivity index (χ3v) is 4.64. The van der Waals surface area contributed by atoms with E-state index in [9.17, 15) is 4.79 Å². The van der Waals surface area contributed by atoms with Gasteiger partial charge in [-0.3, -0.25) is 4.79 Å². The van der Waals surface area contributed by atoms with Crippen molar-refractivity contribution in [3.63, 3.8) is 0 Å². The largest absolute Gasteiger partial charge is 0.348 e. The number of amides is 1. The maximum absolute atomic E-state index is 12.6. The van der Waals surface area contributed by atoms with Gasteiger partial charge in [0.15, 0.2) is 0 Å². The van der Waals surface area contributed by atoms with Crippen LogP contribution in [0.2, 0.25) is 0 Å². The quantitative estimate of drug-likeness (QED) is 0.897. The number of nitrogens with zero attached hydrogens (tertiary/aromatic N) is 3. The number of hydrogen-bond donors (Lipinski definition) is 1. The van der Waals surface area contributed by atoms with Crippen molar-refractivity contribution in [2.24, 2.45) is 0 Å². The number of carbonyl (C=O) groups excluding carboxylic acids is 1. The average Bonchev–Trinajstić information content (AvgIpc) is 3.08. The third kappa shape index (κ3) is 4.16. The van der Waals surface area contributed by atoms with Crippen LogP contribution in [0.15, 0.2) is 30.3 Å². The number of aryl methyl sites for hydroxylation is 2. The second kappa shape index (κ2) is 7.64. The van der Waals surface area contributed by atoms with Gasteiger partial charge in [-0.05, 0) is 57.4 Å². The van der Waals surface area contributed by atoms with E-state index in [0.29, 0.717) is 11.6 Å². The van der Waals surface area contributed by atoms with Crippen LogP contribution in [-0.4, -0.2) is 28.5 Å². The molecule has 5 heteroatoms. The molecule has 1 saturated carbocycles. The zero-order chi connectivity index (χ0) is 17.8. The molecule has 1 aromatic carbocycles. The normalized spacial score (nSPS) is 14.5. The van der Waals surface area contributed by atoms with Crippen LogP contribution >= 0.6 is 0 Å². The summed E-state index contributed by atoms with van der Waals surface area (Å²) in [4.78, 5) is 23.7. The molecule has 1 N–H and O–H groups in total. The van der Waals surface area contributed by atoms with E-state index < -0.39 is 0 Å². The molecule has 0 unspecified atom stereocenters. The number of nitrogens with one attached hydrogen (secondary N) is 1. The molecule has 0 radical (unpaired) electrons. The fourth-order valence-electron chi connectivity index (χ4n) is 3.35. The minimum Gasteiger partial charge on any atom is -0.348 e. The second-order valence-corrected chi connectivity index (χ2v) is 6.73. The molecule has 1 amide bonds. The van der Waals surface area contributed by atoms with E-state index in [1.165, 1.54) is 18.4 Å². The number of anilines is 2. The molecule has 3 rings (SSSR count). The highest BCUT2D eigenvalue weighted by Gasteiger charge is 2.20. The third-order valence-electron chi connectivity index (χ3n) is 4.64. The van der Waals surface area contributed by atoms with Gasteiger partial charge in [-0.25, -0.2) is 9.97 Å². The Labute approximate surface area is 149 Å². The lowest BCUT2D eigenvalue weighted by Gasteiger charge is -2.22. The summed E-state index contributed by atoms with van der Waals surface area (Å²) in [6.45, 7) is 6.76. The average molecular weight is 338 g/mol. The van der Waals surface area contributed by atoms with Crippen molar-refractivity contribution in [3.8, 4) is 0 Å². The van der Waals surface area contributed by atoms with Crippen LogP contribution in [0.25, 0.3) is 0 Å².